The van der Waals surface area contributed by atoms with Crippen LogP contribution in [0.5, 0.6) is 0 Å². The van der Waals surface area contributed by atoms with E-state index < -0.39 is 0 Å². The predicted molar refractivity (Wildman–Crippen MR) is 81.2 cm³/mol. The van der Waals surface area contributed by atoms with E-state index in [1.165, 1.54) is 16.5 Å². The topological polar surface area (TPSA) is 37.8 Å². The van der Waals surface area contributed by atoms with Gasteiger partial charge >= 0.3 is 0 Å². The summed E-state index contributed by atoms with van der Waals surface area (Å²) in [5.41, 5.74) is 3.57. The fraction of sp³-hybridized carbons (Fsp3) is 0.176. The summed E-state index contributed by atoms with van der Waals surface area (Å²) >= 11 is 0. The molecule has 0 radical (unpaired) electrons. The molecule has 0 aliphatic heterocycles. The molecule has 0 aliphatic carbocycles. The van der Waals surface area contributed by atoms with Crippen molar-refractivity contribution in [2.75, 3.05) is 0 Å². The summed E-state index contributed by atoms with van der Waals surface area (Å²) in [6.07, 6.45) is 5.53. The molecule has 0 saturated carbocycles. The summed E-state index contributed by atoms with van der Waals surface area (Å²) in [5, 5.41) is 4.76. The number of rotatable bonds is 4. The molecule has 100 valence electrons. The minimum atomic E-state index is 0.296. The van der Waals surface area contributed by atoms with E-state index in [0.717, 1.165) is 12.1 Å². The van der Waals surface area contributed by atoms with Gasteiger partial charge in [0, 0.05) is 36.6 Å². The third-order valence-electron chi connectivity index (χ3n) is 3.54. The van der Waals surface area contributed by atoms with Crippen LogP contribution in [0.3, 0.4) is 0 Å². The Morgan fingerprint density at radius 2 is 1.80 bits per heavy atom. The number of nitrogens with zero attached hydrogens (tertiary/aromatic N) is 2. The lowest BCUT2D eigenvalue weighted by atomic mass is 10.1. The Labute approximate surface area is 118 Å². The highest BCUT2D eigenvalue weighted by Crippen LogP contribution is 2.17. The summed E-state index contributed by atoms with van der Waals surface area (Å²) in [6, 6.07) is 14.7. The van der Waals surface area contributed by atoms with Gasteiger partial charge in [-0.3, -0.25) is 9.97 Å². The minimum Gasteiger partial charge on any atom is -0.306 e. The van der Waals surface area contributed by atoms with Crippen LogP contribution < -0.4 is 5.32 Å². The van der Waals surface area contributed by atoms with Crippen molar-refractivity contribution < 1.29 is 0 Å². The number of para-hydroxylation sites is 1. The van der Waals surface area contributed by atoms with Crippen molar-refractivity contribution >= 4 is 10.9 Å². The number of hydrogen-bond donors (Lipinski definition) is 1. The summed E-state index contributed by atoms with van der Waals surface area (Å²) in [7, 11) is 0. The Kier molecular flexibility index (Phi) is 3.70. The van der Waals surface area contributed by atoms with E-state index in [9.17, 15) is 0 Å². The van der Waals surface area contributed by atoms with Gasteiger partial charge in [-0.2, -0.15) is 0 Å². The van der Waals surface area contributed by atoms with E-state index in [4.69, 9.17) is 0 Å². The average Bonchev–Trinajstić information content (AvgIpc) is 2.53. The van der Waals surface area contributed by atoms with E-state index in [1.54, 1.807) is 0 Å². The minimum absolute atomic E-state index is 0.296. The quantitative estimate of drug-likeness (QED) is 0.783. The van der Waals surface area contributed by atoms with E-state index in [-0.39, 0.29) is 0 Å². The van der Waals surface area contributed by atoms with Crippen molar-refractivity contribution in [1.29, 1.82) is 0 Å². The van der Waals surface area contributed by atoms with Crippen molar-refractivity contribution in [1.82, 2.24) is 15.3 Å². The molecule has 3 nitrogen and oxygen atoms in total. The Morgan fingerprint density at radius 1 is 1.00 bits per heavy atom. The molecular formula is C17H17N3. The van der Waals surface area contributed by atoms with Gasteiger partial charge < -0.3 is 5.32 Å². The van der Waals surface area contributed by atoms with Crippen LogP contribution in [-0.2, 0) is 6.54 Å². The second kappa shape index (κ2) is 5.80. The molecule has 20 heavy (non-hydrogen) atoms. The summed E-state index contributed by atoms with van der Waals surface area (Å²) < 4.78 is 0. The van der Waals surface area contributed by atoms with Crippen LogP contribution in [0.15, 0.2) is 61.1 Å². The number of nitrogens with one attached hydrogen (secondary N) is 1. The van der Waals surface area contributed by atoms with Gasteiger partial charge in [0.25, 0.3) is 0 Å². The highest BCUT2D eigenvalue weighted by molar-refractivity contribution is 5.81. The zero-order valence-corrected chi connectivity index (χ0v) is 11.5. The number of hydrogen-bond acceptors (Lipinski definition) is 3. The molecule has 1 unspecified atom stereocenters. The largest absolute Gasteiger partial charge is 0.306 e. The fourth-order valence-corrected chi connectivity index (χ4v) is 2.34. The molecule has 2 aromatic heterocycles. The smallest absolute Gasteiger partial charge is 0.0705 e. The van der Waals surface area contributed by atoms with E-state index in [1.807, 2.05) is 42.9 Å². The summed E-state index contributed by atoms with van der Waals surface area (Å²) in [6.45, 7) is 2.99. The molecule has 0 spiro atoms. The molecule has 1 aromatic carbocycles. The molecule has 0 saturated heterocycles. The maximum atomic E-state index is 4.39. The van der Waals surface area contributed by atoms with E-state index in [0.29, 0.717) is 6.04 Å². The van der Waals surface area contributed by atoms with Crippen LogP contribution in [0.25, 0.3) is 10.9 Å². The van der Waals surface area contributed by atoms with Gasteiger partial charge in [-0.15, -0.1) is 0 Å². The van der Waals surface area contributed by atoms with E-state index >= 15 is 0 Å². The van der Waals surface area contributed by atoms with Crippen LogP contribution in [0.2, 0.25) is 0 Å². The zero-order chi connectivity index (χ0) is 13.8. The van der Waals surface area contributed by atoms with Crippen LogP contribution in [0, 0.1) is 0 Å². The van der Waals surface area contributed by atoms with Crippen molar-refractivity contribution in [3.63, 3.8) is 0 Å². The van der Waals surface area contributed by atoms with Gasteiger partial charge in [0.05, 0.1) is 5.52 Å². The van der Waals surface area contributed by atoms with Crippen molar-refractivity contribution in [2.45, 2.75) is 19.5 Å². The second-order valence-electron chi connectivity index (χ2n) is 4.87. The van der Waals surface area contributed by atoms with Gasteiger partial charge in [-0.05, 0) is 42.3 Å². The van der Waals surface area contributed by atoms with Crippen LogP contribution in [0.4, 0.5) is 0 Å². The van der Waals surface area contributed by atoms with Gasteiger partial charge in [0.1, 0.15) is 0 Å². The molecule has 0 amide bonds. The standard InChI is InChI=1S/C17H17N3/c1-13(14-6-9-18-10-7-14)20-12-15-8-11-19-17-5-3-2-4-16(15)17/h2-11,13,20H,12H2,1H3. The van der Waals surface area contributed by atoms with E-state index in [2.05, 4.69) is 40.4 Å². The molecule has 1 atom stereocenters. The normalized spacial score (nSPS) is 12.4. The highest BCUT2D eigenvalue weighted by atomic mass is 14.9. The third-order valence-corrected chi connectivity index (χ3v) is 3.54. The Morgan fingerprint density at radius 3 is 2.65 bits per heavy atom. The monoisotopic (exact) mass is 263 g/mol. The molecule has 3 aromatic rings. The first-order chi connectivity index (χ1) is 9.84. The molecule has 2 heterocycles. The SMILES string of the molecule is CC(NCc1ccnc2ccccc12)c1ccncc1. The maximum absolute atomic E-state index is 4.39. The molecule has 0 bridgehead atoms. The maximum Gasteiger partial charge on any atom is 0.0705 e. The number of benzene rings is 1. The van der Waals surface area contributed by atoms with Crippen molar-refractivity contribution in [2.24, 2.45) is 0 Å². The predicted octanol–water partition coefficient (Wildman–Crippen LogP) is 3.48. The second-order valence-corrected chi connectivity index (χ2v) is 4.87. The molecule has 0 fully saturated rings. The van der Waals surface area contributed by atoms with Gasteiger partial charge in [-0.25, -0.2) is 0 Å². The summed E-state index contributed by atoms with van der Waals surface area (Å²) in [4.78, 5) is 8.44. The molecule has 3 rings (SSSR count). The third kappa shape index (κ3) is 2.68. The first kappa shape index (κ1) is 12.8. The molecule has 3 heteroatoms. The Hall–Kier alpha value is -2.26. The van der Waals surface area contributed by atoms with Crippen molar-refractivity contribution in [3.8, 4) is 0 Å². The Balaban J connectivity index is 1.77. The van der Waals surface area contributed by atoms with Gasteiger partial charge in [0.2, 0.25) is 0 Å². The lowest BCUT2D eigenvalue weighted by Crippen LogP contribution is -2.18. The van der Waals surface area contributed by atoms with Gasteiger partial charge in [-0.1, -0.05) is 18.2 Å². The van der Waals surface area contributed by atoms with Crippen molar-refractivity contribution in [3.05, 3.63) is 72.2 Å². The molecule has 1 N–H and O–H groups in total. The fourth-order valence-electron chi connectivity index (χ4n) is 2.34. The van der Waals surface area contributed by atoms with Crippen LogP contribution in [-0.4, -0.2) is 9.97 Å². The average molecular weight is 263 g/mol. The van der Waals surface area contributed by atoms with Gasteiger partial charge in [0.15, 0.2) is 0 Å². The number of aromatic nitrogens is 2. The van der Waals surface area contributed by atoms with Crippen LogP contribution >= 0.6 is 0 Å². The molecule has 0 aliphatic rings. The zero-order valence-electron chi connectivity index (χ0n) is 11.5. The Bertz CT molecular complexity index is 689. The lowest BCUT2D eigenvalue weighted by Gasteiger charge is -2.15. The highest BCUT2D eigenvalue weighted by Gasteiger charge is 2.06. The first-order valence-corrected chi connectivity index (χ1v) is 6.80. The number of fused-ring (bicyclic) bond motifs is 1. The summed E-state index contributed by atoms with van der Waals surface area (Å²) in [5.74, 6) is 0. The molecular weight excluding hydrogens is 246 g/mol. The van der Waals surface area contributed by atoms with Crippen LogP contribution in [0.1, 0.15) is 24.1 Å². The first-order valence-electron chi connectivity index (χ1n) is 6.80. The number of pyridine rings is 2. The lowest BCUT2D eigenvalue weighted by molar-refractivity contribution is 0.576.